The first-order valence-corrected chi connectivity index (χ1v) is 8.44. The van der Waals surface area contributed by atoms with E-state index in [1.165, 1.54) is 32.7 Å². The van der Waals surface area contributed by atoms with Gasteiger partial charge in [0, 0.05) is 70.8 Å². The van der Waals surface area contributed by atoms with Crippen molar-refractivity contribution in [3.05, 3.63) is 24.5 Å². The molecule has 2 bridgehead atoms. The summed E-state index contributed by atoms with van der Waals surface area (Å²) in [5, 5.41) is 6.77. The van der Waals surface area contributed by atoms with Crippen LogP contribution < -0.4 is 10.6 Å². The van der Waals surface area contributed by atoms with Crippen molar-refractivity contribution in [2.45, 2.75) is 19.5 Å². The minimum Gasteiger partial charge on any atom is -0.357 e. The lowest BCUT2D eigenvalue weighted by molar-refractivity contribution is 0.0174. The van der Waals surface area contributed by atoms with E-state index in [9.17, 15) is 0 Å². The minimum absolute atomic E-state index is 0. The van der Waals surface area contributed by atoms with Crippen molar-refractivity contribution in [1.82, 2.24) is 25.0 Å². The first kappa shape index (κ1) is 18.5. The molecule has 4 heterocycles. The van der Waals surface area contributed by atoms with Gasteiger partial charge in [0.2, 0.25) is 0 Å². The molecule has 3 fully saturated rings. The fourth-order valence-electron chi connectivity index (χ4n) is 3.26. The summed E-state index contributed by atoms with van der Waals surface area (Å²) in [5.74, 6) is 0.937. The van der Waals surface area contributed by atoms with Gasteiger partial charge in [0.25, 0.3) is 0 Å². The van der Waals surface area contributed by atoms with Crippen LogP contribution in [0, 0.1) is 0 Å². The smallest absolute Gasteiger partial charge is 0.191 e. The second-order valence-corrected chi connectivity index (χ2v) is 6.06. The second kappa shape index (κ2) is 9.48. The van der Waals surface area contributed by atoms with Crippen LogP contribution in [0.15, 0.2) is 29.5 Å². The molecule has 0 amide bonds. The van der Waals surface area contributed by atoms with Gasteiger partial charge < -0.3 is 15.2 Å². The summed E-state index contributed by atoms with van der Waals surface area (Å²) in [4.78, 5) is 9.94. The Morgan fingerprint density at radius 3 is 2.48 bits per heavy atom. The maximum Gasteiger partial charge on any atom is 0.191 e. The van der Waals surface area contributed by atoms with Crippen molar-refractivity contribution >= 4 is 29.9 Å². The number of aromatic nitrogens is 1. The van der Waals surface area contributed by atoms with Gasteiger partial charge in [-0.1, -0.05) is 0 Å². The van der Waals surface area contributed by atoms with Gasteiger partial charge in [-0.2, -0.15) is 0 Å². The molecule has 130 valence electrons. The van der Waals surface area contributed by atoms with E-state index in [0.717, 1.165) is 32.1 Å². The highest BCUT2D eigenvalue weighted by Gasteiger charge is 2.31. The molecule has 0 aromatic carbocycles. The Hall–Kier alpha value is -0.800. The van der Waals surface area contributed by atoms with E-state index in [4.69, 9.17) is 4.99 Å². The lowest BCUT2D eigenvalue weighted by Gasteiger charge is -2.47. The maximum absolute atomic E-state index is 4.79. The number of hydrogen-bond donors (Lipinski definition) is 2. The van der Waals surface area contributed by atoms with Crippen molar-refractivity contribution < 1.29 is 0 Å². The molecule has 3 saturated heterocycles. The number of guanidine groups is 1. The zero-order chi connectivity index (χ0) is 15.2. The molecule has 2 N–H and O–H groups in total. The Bertz CT molecular complexity index is 467. The van der Waals surface area contributed by atoms with Gasteiger partial charge in [-0.15, -0.1) is 24.0 Å². The Morgan fingerprint density at radius 2 is 1.87 bits per heavy atom. The van der Waals surface area contributed by atoms with Crippen LogP contribution in [0.5, 0.6) is 0 Å². The fourth-order valence-corrected chi connectivity index (χ4v) is 3.26. The van der Waals surface area contributed by atoms with E-state index in [1.54, 1.807) is 0 Å². The Labute approximate surface area is 156 Å². The molecule has 6 nitrogen and oxygen atoms in total. The molecule has 23 heavy (non-hydrogen) atoms. The van der Waals surface area contributed by atoms with Crippen LogP contribution in [0.25, 0.3) is 0 Å². The zero-order valence-corrected chi connectivity index (χ0v) is 16.3. The van der Waals surface area contributed by atoms with E-state index in [-0.39, 0.29) is 24.0 Å². The summed E-state index contributed by atoms with van der Waals surface area (Å²) >= 11 is 0. The van der Waals surface area contributed by atoms with E-state index in [0.29, 0.717) is 6.04 Å². The van der Waals surface area contributed by atoms with Crippen LogP contribution in [0.4, 0.5) is 0 Å². The molecule has 1 aromatic rings. The molecule has 4 rings (SSSR count). The third kappa shape index (κ3) is 5.36. The largest absolute Gasteiger partial charge is 0.357 e. The van der Waals surface area contributed by atoms with Gasteiger partial charge in [-0.3, -0.25) is 14.8 Å². The van der Waals surface area contributed by atoms with Crippen molar-refractivity contribution in [3.8, 4) is 0 Å². The predicted octanol–water partition coefficient (Wildman–Crippen LogP) is 0.661. The molecule has 0 spiro atoms. The van der Waals surface area contributed by atoms with Gasteiger partial charge in [0.15, 0.2) is 5.96 Å². The number of hydrogen-bond acceptors (Lipinski definition) is 3. The van der Waals surface area contributed by atoms with Crippen LogP contribution in [0.3, 0.4) is 0 Å². The van der Waals surface area contributed by atoms with Crippen molar-refractivity contribution in [2.24, 2.45) is 4.99 Å². The Morgan fingerprint density at radius 1 is 1.13 bits per heavy atom. The monoisotopic (exact) mass is 432 g/mol. The van der Waals surface area contributed by atoms with Crippen LogP contribution >= 0.6 is 24.0 Å². The molecule has 7 heteroatoms. The molecule has 0 saturated carbocycles. The standard InChI is InChI=1S/C16H28N6.HI/c1-2-17-16(18-5-8-20-6-3-4-7-20)19-13-15-14-21-9-11-22(15)12-10-21;/h3-4,6-7,15H,2,5,8-14H2,1H3,(H2,17,18,19);1H. The van der Waals surface area contributed by atoms with E-state index in [1.807, 2.05) is 0 Å². The normalized spacial score (nSPS) is 26.7. The molecule has 0 aliphatic carbocycles. The number of rotatable bonds is 6. The summed E-state index contributed by atoms with van der Waals surface area (Å²) in [5.41, 5.74) is 0. The fraction of sp³-hybridized carbons (Fsp3) is 0.688. The van der Waals surface area contributed by atoms with E-state index < -0.39 is 0 Å². The molecule has 0 radical (unpaired) electrons. The maximum atomic E-state index is 4.79. The summed E-state index contributed by atoms with van der Waals surface area (Å²) in [7, 11) is 0. The first-order chi connectivity index (χ1) is 10.8. The van der Waals surface area contributed by atoms with Crippen LogP contribution in [0.2, 0.25) is 0 Å². The summed E-state index contributed by atoms with van der Waals surface area (Å²) in [6.45, 7) is 11.8. The lowest BCUT2D eigenvalue weighted by atomic mass is 10.1. The second-order valence-electron chi connectivity index (χ2n) is 6.06. The predicted molar refractivity (Wildman–Crippen MR) is 106 cm³/mol. The zero-order valence-electron chi connectivity index (χ0n) is 13.9. The SMILES string of the molecule is CCNC(=NCC1CN2CCN1CC2)NCCn1cccc1.I. The van der Waals surface area contributed by atoms with Gasteiger partial charge >= 0.3 is 0 Å². The number of aliphatic imine (C=N–C) groups is 1. The average molecular weight is 432 g/mol. The minimum atomic E-state index is 0. The first-order valence-electron chi connectivity index (χ1n) is 8.44. The van der Waals surface area contributed by atoms with Crippen molar-refractivity contribution in [1.29, 1.82) is 0 Å². The highest BCUT2D eigenvalue weighted by atomic mass is 127. The number of piperazine rings is 3. The van der Waals surface area contributed by atoms with Gasteiger partial charge in [-0.25, -0.2) is 0 Å². The van der Waals surface area contributed by atoms with E-state index >= 15 is 0 Å². The quantitative estimate of drug-likeness (QED) is 0.394. The topological polar surface area (TPSA) is 47.8 Å². The van der Waals surface area contributed by atoms with Gasteiger partial charge in [0.05, 0.1) is 6.54 Å². The molecule has 3 aliphatic heterocycles. The highest BCUT2D eigenvalue weighted by molar-refractivity contribution is 14.0. The van der Waals surface area contributed by atoms with Crippen LogP contribution in [-0.4, -0.2) is 78.7 Å². The number of nitrogens with one attached hydrogen (secondary N) is 2. The van der Waals surface area contributed by atoms with Crippen LogP contribution in [-0.2, 0) is 6.54 Å². The number of fused-ring (bicyclic) bond motifs is 3. The third-order valence-electron chi connectivity index (χ3n) is 4.53. The molecule has 1 unspecified atom stereocenters. The lowest BCUT2D eigenvalue weighted by Crippen LogP contribution is -2.62. The average Bonchev–Trinajstić information content (AvgIpc) is 3.07. The molecular formula is C16H29IN6. The third-order valence-corrected chi connectivity index (χ3v) is 4.53. The number of nitrogens with zero attached hydrogens (tertiary/aromatic N) is 4. The van der Waals surface area contributed by atoms with Gasteiger partial charge in [0.1, 0.15) is 0 Å². The van der Waals surface area contributed by atoms with Crippen molar-refractivity contribution in [2.75, 3.05) is 52.4 Å². The highest BCUT2D eigenvalue weighted by Crippen LogP contribution is 2.15. The van der Waals surface area contributed by atoms with Crippen molar-refractivity contribution in [3.63, 3.8) is 0 Å². The Balaban J connectivity index is 0.00000192. The molecule has 1 aromatic heterocycles. The molecule has 3 aliphatic rings. The molecular weight excluding hydrogens is 403 g/mol. The van der Waals surface area contributed by atoms with Crippen LogP contribution in [0.1, 0.15) is 6.92 Å². The Kier molecular flexibility index (Phi) is 7.64. The summed E-state index contributed by atoms with van der Waals surface area (Å²) < 4.78 is 2.18. The summed E-state index contributed by atoms with van der Waals surface area (Å²) in [6, 6.07) is 4.70. The molecule has 1 atom stereocenters. The van der Waals surface area contributed by atoms with Gasteiger partial charge in [-0.05, 0) is 19.1 Å². The summed E-state index contributed by atoms with van der Waals surface area (Å²) in [6.07, 6.45) is 4.18. The number of halogens is 1. The van der Waals surface area contributed by atoms with E-state index in [2.05, 4.69) is 56.5 Å².